The molecule has 2 amide bonds. The van der Waals surface area contributed by atoms with Gasteiger partial charge in [0.15, 0.2) is 6.61 Å². The molecule has 0 heterocycles. The largest absolute Gasteiger partial charge is 0.456 e. The topological polar surface area (TPSA) is 128 Å². The standard InChI is InChI=1S/C20H21N3O6/c1-13-5-3-6-14(2)20(13)22-18(25)12-29-19(26)10-9-17(24)21-15-7-4-8-16(11-15)23(27)28/h3-8,11H,9-10,12H2,1-2H3,(H,21,24)(H,22,25). The van der Waals surface area contributed by atoms with Crippen LogP contribution in [0.3, 0.4) is 0 Å². The fourth-order valence-electron chi connectivity index (χ4n) is 2.54. The van der Waals surface area contributed by atoms with E-state index in [0.29, 0.717) is 5.69 Å². The first-order valence-electron chi connectivity index (χ1n) is 8.82. The highest BCUT2D eigenvalue weighted by Crippen LogP contribution is 2.19. The van der Waals surface area contributed by atoms with Crippen LogP contribution < -0.4 is 10.6 Å². The van der Waals surface area contributed by atoms with Gasteiger partial charge in [-0.05, 0) is 31.0 Å². The number of anilines is 2. The summed E-state index contributed by atoms with van der Waals surface area (Å²) < 4.78 is 4.89. The number of nitro groups is 1. The first-order chi connectivity index (χ1) is 13.8. The molecule has 9 heteroatoms. The fraction of sp³-hybridized carbons (Fsp3) is 0.250. The summed E-state index contributed by atoms with van der Waals surface area (Å²) in [6.45, 7) is 3.25. The second-order valence-corrected chi connectivity index (χ2v) is 6.33. The smallest absolute Gasteiger partial charge is 0.306 e. The predicted molar refractivity (Wildman–Crippen MR) is 106 cm³/mol. The number of aryl methyl sites for hydroxylation is 2. The average Bonchev–Trinajstić information content (AvgIpc) is 2.68. The van der Waals surface area contributed by atoms with Crippen molar-refractivity contribution in [1.29, 1.82) is 0 Å². The molecule has 0 aliphatic heterocycles. The number of para-hydroxylation sites is 1. The maximum absolute atomic E-state index is 12.0. The third-order valence-corrected chi connectivity index (χ3v) is 4.01. The zero-order chi connectivity index (χ0) is 21.4. The Hall–Kier alpha value is -3.75. The van der Waals surface area contributed by atoms with Gasteiger partial charge in [-0.2, -0.15) is 0 Å². The second-order valence-electron chi connectivity index (χ2n) is 6.33. The molecule has 2 rings (SSSR count). The van der Waals surface area contributed by atoms with Crippen LogP contribution in [0.5, 0.6) is 0 Å². The van der Waals surface area contributed by atoms with Crippen molar-refractivity contribution in [2.75, 3.05) is 17.2 Å². The number of nitrogens with one attached hydrogen (secondary N) is 2. The van der Waals surface area contributed by atoms with Crippen LogP contribution >= 0.6 is 0 Å². The number of nitro benzene ring substituents is 1. The van der Waals surface area contributed by atoms with Crippen molar-refractivity contribution < 1.29 is 24.0 Å². The van der Waals surface area contributed by atoms with Gasteiger partial charge in [-0.25, -0.2) is 0 Å². The third kappa shape index (κ3) is 6.73. The minimum atomic E-state index is -0.698. The molecular weight excluding hydrogens is 378 g/mol. The average molecular weight is 399 g/mol. The number of esters is 1. The molecule has 2 N–H and O–H groups in total. The number of amides is 2. The maximum atomic E-state index is 12.0. The van der Waals surface area contributed by atoms with E-state index >= 15 is 0 Å². The number of nitrogens with zero attached hydrogens (tertiary/aromatic N) is 1. The minimum absolute atomic E-state index is 0.155. The van der Waals surface area contributed by atoms with E-state index in [9.17, 15) is 24.5 Å². The minimum Gasteiger partial charge on any atom is -0.456 e. The van der Waals surface area contributed by atoms with Crippen LogP contribution in [0.25, 0.3) is 0 Å². The molecule has 152 valence electrons. The van der Waals surface area contributed by atoms with Crippen LogP contribution in [0.4, 0.5) is 17.1 Å². The van der Waals surface area contributed by atoms with Crippen LogP contribution in [0, 0.1) is 24.0 Å². The van der Waals surface area contributed by atoms with Gasteiger partial charge in [0.25, 0.3) is 11.6 Å². The van der Waals surface area contributed by atoms with Gasteiger partial charge in [0.1, 0.15) is 0 Å². The summed E-state index contributed by atoms with van der Waals surface area (Å²) in [5.41, 5.74) is 2.55. The van der Waals surface area contributed by atoms with E-state index in [2.05, 4.69) is 10.6 Å². The van der Waals surface area contributed by atoms with Crippen LogP contribution in [0.15, 0.2) is 42.5 Å². The normalized spacial score (nSPS) is 10.1. The summed E-state index contributed by atoms with van der Waals surface area (Å²) in [6.07, 6.45) is -0.405. The first kappa shape index (κ1) is 21.5. The second kappa shape index (κ2) is 9.98. The first-order valence-corrected chi connectivity index (χ1v) is 8.82. The highest BCUT2D eigenvalue weighted by atomic mass is 16.6. The Balaban J connectivity index is 1.75. The maximum Gasteiger partial charge on any atom is 0.306 e. The molecule has 0 aromatic heterocycles. The Labute approximate surface area is 167 Å². The predicted octanol–water partition coefficient (Wildman–Crippen LogP) is 3.11. The van der Waals surface area contributed by atoms with Crippen molar-refractivity contribution in [2.45, 2.75) is 26.7 Å². The molecule has 2 aromatic rings. The summed E-state index contributed by atoms with van der Waals surface area (Å²) in [5.74, 6) is -1.67. The Bertz CT molecular complexity index is 921. The van der Waals surface area contributed by atoms with Crippen molar-refractivity contribution in [3.63, 3.8) is 0 Å². The SMILES string of the molecule is Cc1cccc(C)c1NC(=O)COC(=O)CCC(=O)Nc1cccc([N+](=O)[O-])c1. The molecule has 0 saturated carbocycles. The molecule has 0 fully saturated rings. The summed E-state index contributed by atoms with van der Waals surface area (Å²) in [4.78, 5) is 45.8. The Morgan fingerprint density at radius 1 is 0.966 bits per heavy atom. The van der Waals surface area contributed by atoms with E-state index in [0.717, 1.165) is 11.1 Å². The number of hydrogen-bond donors (Lipinski definition) is 2. The van der Waals surface area contributed by atoms with Gasteiger partial charge in [-0.1, -0.05) is 24.3 Å². The monoisotopic (exact) mass is 399 g/mol. The third-order valence-electron chi connectivity index (χ3n) is 4.01. The molecule has 2 aromatic carbocycles. The zero-order valence-electron chi connectivity index (χ0n) is 16.1. The van der Waals surface area contributed by atoms with Gasteiger partial charge >= 0.3 is 5.97 Å². The van der Waals surface area contributed by atoms with Crippen LogP contribution in [-0.4, -0.2) is 29.3 Å². The van der Waals surface area contributed by atoms with Gasteiger partial charge in [0, 0.05) is 29.9 Å². The molecule has 0 saturated heterocycles. The number of carbonyl (C=O) groups is 3. The summed E-state index contributed by atoms with van der Waals surface area (Å²) in [6, 6.07) is 11.0. The van der Waals surface area contributed by atoms with E-state index in [1.165, 1.54) is 24.3 Å². The molecule has 0 bridgehead atoms. The lowest BCUT2D eigenvalue weighted by molar-refractivity contribution is -0.384. The lowest BCUT2D eigenvalue weighted by atomic mass is 10.1. The summed E-state index contributed by atoms with van der Waals surface area (Å²) in [7, 11) is 0. The molecule has 0 aliphatic rings. The van der Waals surface area contributed by atoms with Gasteiger partial charge in [0.05, 0.1) is 11.3 Å². The van der Waals surface area contributed by atoms with Crippen molar-refractivity contribution in [2.24, 2.45) is 0 Å². The summed E-state index contributed by atoms with van der Waals surface area (Å²) >= 11 is 0. The van der Waals surface area contributed by atoms with Gasteiger partial charge < -0.3 is 15.4 Å². The lowest BCUT2D eigenvalue weighted by Gasteiger charge is -2.11. The molecule has 0 spiro atoms. The molecule has 9 nitrogen and oxygen atoms in total. The Kier molecular flexibility index (Phi) is 7.41. The fourth-order valence-corrected chi connectivity index (χ4v) is 2.54. The number of ether oxygens (including phenoxy) is 1. The molecule has 0 unspecified atom stereocenters. The van der Waals surface area contributed by atoms with E-state index < -0.39 is 29.3 Å². The highest BCUT2D eigenvalue weighted by molar-refractivity contribution is 5.95. The van der Waals surface area contributed by atoms with Gasteiger partial charge in [-0.3, -0.25) is 24.5 Å². The van der Waals surface area contributed by atoms with E-state index in [1.807, 2.05) is 32.0 Å². The quantitative estimate of drug-likeness (QED) is 0.399. The summed E-state index contributed by atoms with van der Waals surface area (Å²) in [5, 5.41) is 15.9. The van der Waals surface area contributed by atoms with Crippen molar-refractivity contribution in [3.05, 3.63) is 63.7 Å². The molecule has 0 radical (unpaired) electrons. The van der Waals surface area contributed by atoms with Crippen molar-refractivity contribution >= 4 is 34.8 Å². The van der Waals surface area contributed by atoms with Crippen LogP contribution in [0.2, 0.25) is 0 Å². The van der Waals surface area contributed by atoms with Crippen LogP contribution in [0.1, 0.15) is 24.0 Å². The van der Waals surface area contributed by atoms with E-state index in [4.69, 9.17) is 4.74 Å². The Morgan fingerprint density at radius 3 is 2.28 bits per heavy atom. The lowest BCUT2D eigenvalue weighted by Crippen LogP contribution is -2.22. The van der Waals surface area contributed by atoms with Gasteiger partial charge in [0.2, 0.25) is 5.91 Å². The number of benzene rings is 2. The van der Waals surface area contributed by atoms with Gasteiger partial charge in [-0.15, -0.1) is 0 Å². The Morgan fingerprint density at radius 2 is 1.62 bits per heavy atom. The van der Waals surface area contributed by atoms with E-state index in [1.54, 1.807) is 0 Å². The number of rotatable bonds is 8. The molecule has 0 atom stereocenters. The molecular formula is C20H21N3O6. The number of hydrogen-bond acceptors (Lipinski definition) is 6. The zero-order valence-corrected chi connectivity index (χ0v) is 16.1. The number of non-ortho nitro benzene ring substituents is 1. The van der Waals surface area contributed by atoms with Crippen molar-refractivity contribution in [1.82, 2.24) is 0 Å². The number of carbonyl (C=O) groups excluding carboxylic acids is 3. The van der Waals surface area contributed by atoms with Crippen molar-refractivity contribution in [3.8, 4) is 0 Å². The highest BCUT2D eigenvalue weighted by Gasteiger charge is 2.13. The molecule has 29 heavy (non-hydrogen) atoms. The van der Waals surface area contributed by atoms with Crippen LogP contribution in [-0.2, 0) is 19.1 Å². The molecule has 0 aliphatic carbocycles. The van der Waals surface area contributed by atoms with E-state index in [-0.39, 0.29) is 24.2 Å².